The molecule has 0 bridgehead atoms. The third-order valence-electron chi connectivity index (χ3n) is 5.27. The predicted molar refractivity (Wildman–Crippen MR) is 113 cm³/mol. The minimum absolute atomic E-state index is 0.116. The molecule has 4 heterocycles. The van der Waals surface area contributed by atoms with E-state index in [-0.39, 0.29) is 11.3 Å². The number of carbonyl (C=O) groups is 1. The number of benzene rings is 1. The summed E-state index contributed by atoms with van der Waals surface area (Å²) in [5.41, 5.74) is 4.19. The highest BCUT2D eigenvalue weighted by atomic mass is 32.2. The topological polar surface area (TPSA) is 98.8 Å². The van der Waals surface area contributed by atoms with Crippen LogP contribution in [0.4, 0.5) is 17.6 Å². The van der Waals surface area contributed by atoms with Crippen LogP contribution in [0.1, 0.15) is 35.3 Å². The molecule has 0 radical (unpaired) electrons. The molecule has 1 amide bonds. The van der Waals surface area contributed by atoms with E-state index in [9.17, 15) is 4.79 Å². The van der Waals surface area contributed by atoms with Crippen molar-refractivity contribution in [2.45, 2.75) is 30.8 Å². The van der Waals surface area contributed by atoms with Gasteiger partial charge in [0.1, 0.15) is 5.03 Å². The largest absolute Gasteiger partial charge is 0.331 e. The summed E-state index contributed by atoms with van der Waals surface area (Å²) in [7, 11) is 0. The van der Waals surface area contributed by atoms with E-state index in [2.05, 4.69) is 62.6 Å². The van der Waals surface area contributed by atoms with E-state index in [4.69, 9.17) is 0 Å². The van der Waals surface area contributed by atoms with Crippen LogP contribution in [0.25, 0.3) is 0 Å². The van der Waals surface area contributed by atoms with E-state index >= 15 is 0 Å². The van der Waals surface area contributed by atoms with Gasteiger partial charge in [0, 0.05) is 42.8 Å². The van der Waals surface area contributed by atoms with Crippen molar-refractivity contribution in [2.75, 3.05) is 22.6 Å². The number of aromatic nitrogens is 4. The molecule has 3 N–H and O–H groups in total. The van der Waals surface area contributed by atoms with Gasteiger partial charge in [-0.15, -0.1) is 0 Å². The first kappa shape index (κ1) is 18.1. The summed E-state index contributed by atoms with van der Waals surface area (Å²) in [5, 5.41) is 7.43. The van der Waals surface area contributed by atoms with Gasteiger partial charge in [-0.25, -0.2) is 15.0 Å². The first-order valence-corrected chi connectivity index (χ1v) is 10.4. The molecular formula is C20H21N7OS. The van der Waals surface area contributed by atoms with Crippen molar-refractivity contribution < 1.29 is 4.79 Å². The van der Waals surface area contributed by atoms with Crippen LogP contribution in [0.3, 0.4) is 0 Å². The SMILES string of the molecule is CC1(C)CNCc2cc(Nc3ncc4c(n3)SCN(c3ncc[nH]3)C4=O)ccc21. The van der Waals surface area contributed by atoms with Gasteiger partial charge in [0.05, 0.1) is 11.4 Å². The van der Waals surface area contributed by atoms with E-state index in [1.54, 1.807) is 23.5 Å². The molecule has 0 saturated carbocycles. The number of anilines is 3. The van der Waals surface area contributed by atoms with Gasteiger partial charge in [0.15, 0.2) is 0 Å². The lowest BCUT2D eigenvalue weighted by atomic mass is 9.79. The smallest absolute Gasteiger partial charge is 0.265 e. The minimum Gasteiger partial charge on any atom is -0.331 e. The molecule has 0 saturated heterocycles. The number of thioether (sulfide) groups is 1. The van der Waals surface area contributed by atoms with Crippen LogP contribution in [0.5, 0.6) is 0 Å². The standard InChI is InChI=1S/C20H21N7OS/c1-20(2)10-21-8-12-7-13(3-4-15(12)20)25-18-24-9-14-16(26-18)29-11-27(17(14)28)19-22-5-6-23-19/h3-7,9,21H,8,10-11H2,1-2H3,(H,22,23)(H,24,25,26). The molecule has 0 unspecified atom stereocenters. The summed E-state index contributed by atoms with van der Waals surface area (Å²) in [6.45, 7) is 6.32. The number of rotatable bonds is 3. The van der Waals surface area contributed by atoms with Gasteiger partial charge < -0.3 is 15.6 Å². The van der Waals surface area contributed by atoms with Crippen LogP contribution in [0.2, 0.25) is 0 Å². The lowest BCUT2D eigenvalue weighted by molar-refractivity contribution is 0.0984. The van der Waals surface area contributed by atoms with Gasteiger partial charge in [0.25, 0.3) is 5.91 Å². The molecule has 2 aliphatic rings. The number of imidazole rings is 1. The molecule has 29 heavy (non-hydrogen) atoms. The monoisotopic (exact) mass is 407 g/mol. The summed E-state index contributed by atoms with van der Waals surface area (Å²) < 4.78 is 0. The number of hydrogen-bond acceptors (Lipinski definition) is 7. The van der Waals surface area contributed by atoms with Crippen LogP contribution in [-0.2, 0) is 12.0 Å². The number of hydrogen-bond donors (Lipinski definition) is 3. The Kier molecular flexibility index (Phi) is 4.29. The van der Waals surface area contributed by atoms with Gasteiger partial charge >= 0.3 is 0 Å². The maximum absolute atomic E-state index is 12.8. The van der Waals surface area contributed by atoms with Crippen molar-refractivity contribution in [2.24, 2.45) is 0 Å². The zero-order valence-corrected chi connectivity index (χ0v) is 17.0. The second-order valence-corrected chi connectivity index (χ2v) is 8.75. The van der Waals surface area contributed by atoms with Crippen molar-refractivity contribution in [3.05, 3.63) is 53.5 Å². The molecule has 0 atom stereocenters. The minimum atomic E-state index is -0.151. The van der Waals surface area contributed by atoms with E-state index in [1.807, 2.05) is 0 Å². The molecule has 3 aromatic rings. The van der Waals surface area contributed by atoms with Gasteiger partial charge in [-0.1, -0.05) is 31.7 Å². The lowest BCUT2D eigenvalue weighted by Crippen LogP contribution is -2.38. The second-order valence-electron chi connectivity index (χ2n) is 7.82. The highest BCUT2D eigenvalue weighted by molar-refractivity contribution is 7.99. The molecular weight excluding hydrogens is 386 g/mol. The molecule has 148 valence electrons. The maximum Gasteiger partial charge on any atom is 0.265 e. The van der Waals surface area contributed by atoms with Crippen LogP contribution >= 0.6 is 11.8 Å². The Bertz CT molecular complexity index is 1080. The molecule has 0 aliphatic carbocycles. The normalized spacial score (nSPS) is 17.6. The van der Waals surface area contributed by atoms with Crippen molar-refractivity contribution in [3.8, 4) is 0 Å². The van der Waals surface area contributed by atoms with Crippen molar-refractivity contribution in [1.82, 2.24) is 25.3 Å². The Hall–Kier alpha value is -2.91. The van der Waals surface area contributed by atoms with Crippen molar-refractivity contribution in [1.29, 1.82) is 0 Å². The van der Waals surface area contributed by atoms with Crippen molar-refractivity contribution >= 4 is 35.3 Å². The average molecular weight is 408 g/mol. The van der Waals surface area contributed by atoms with Gasteiger partial charge in [-0.3, -0.25) is 9.69 Å². The third kappa shape index (κ3) is 3.26. The zero-order valence-electron chi connectivity index (χ0n) is 16.2. The Balaban J connectivity index is 1.38. The van der Waals surface area contributed by atoms with Crippen molar-refractivity contribution in [3.63, 3.8) is 0 Å². The van der Waals surface area contributed by atoms with Crippen LogP contribution in [0, 0.1) is 0 Å². The number of fused-ring (bicyclic) bond motifs is 2. The predicted octanol–water partition coefficient (Wildman–Crippen LogP) is 3.03. The van der Waals surface area contributed by atoms with Gasteiger partial charge in [-0.05, 0) is 23.3 Å². The van der Waals surface area contributed by atoms with E-state index in [0.29, 0.717) is 28.4 Å². The molecule has 9 heteroatoms. The zero-order chi connectivity index (χ0) is 20.0. The molecule has 0 fully saturated rings. The maximum atomic E-state index is 12.8. The number of nitrogens with one attached hydrogen (secondary N) is 3. The van der Waals surface area contributed by atoms with Crippen LogP contribution in [-0.4, -0.2) is 38.3 Å². The Morgan fingerprint density at radius 3 is 3.00 bits per heavy atom. The number of aromatic amines is 1. The van der Waals surface area contributed by atoms with E-state index in [0.717, 1.165) is 18.8 Å². The highest BCUT2D eigenvalue weighted by Gasteiger charge is 2.30. The fourth-order valence-corrected chi connectivity index (χ4v) is 4.72. The molecule has 2 aromatic heterocycles. The molecule has 2 aliphatic heterocycles. The Morgan fingerprint density at radius 1 is 1.28 bits per heavy atom. The summed E-state index contributed by atoms with van der Waals surface area (Å²) in [6, 6.07) is 6.38. The fraction of sp³-hybridized carbons (Fsp3) is 0.300. The third-order valence-corrected chi connectivity index (χ3v) is 6.24. The summed E-state index contributed by atoms with van der Waals surface area (Å²) in [5.74, 6) is 1.32. The fourth-order valence-electron chi connectivity index (χ4n) is 3.79. The Morgan fingerprint density at radius 2 is 2.17 bits per heavy atom. The van der Waals surface area contributed by atoms with Gasteiger partial charge in [-0.2, -0.15) is 0 Å². The first-order valence-electron chi connectivity index (χ1n) is 9.43. The number of carbonyl (C=O) groups excluding carboxylic acids is 1. The molecule has 0 spiro atoms. The average Bonchev–Trinajstić information content (AvgIpc) is 3.22. The molecule has 5 rings (SSSR count). The summed E-state index contributed by atoms with van der Waals surface area (Å²) in [4.78, 5) is 30.4. The van der Waals surface area contributed by atoms with Gasteiger partial charge in [0.2, 0.25) is 11.9 Å². The second kappa shape index (κ2) is 6.85. The number of nitrogens with zero attached hydrogens (tertiary/aromatic N) is 4. The van der Waals surface area contributed by atoms with Crippen LogP contribution < -0.4 is 15.5 Å². The van der Waals surface area contributed by atoms with E-state index in [1.165, 1.54) is 22.9 Å². The summed E-state index contributed by atoms with van der Waals surface area (Å²) in [6.07, 6.45) is 4.90. The summed E-state index contributed by atoms with van der Waals surface area (Å²) >= 11 is 1.49. The molecule has 8 nitrogen and oxygen atoms in total. The number of H-pyrrole nitrogens is 1. The van der Waals surface area contributed by atoms with E-state index < -0.39 is 0 Å². The first-order chi connectivity index (χ1) is 14.0. The lowest BCUT2D eigenvalue weighted by Gasteiger charge is -2.33. The number of amides is 1. The quantitative estimate of drug-likeness (QED) is 0.574. The molecule has 1 aromatic carbocycles. The Labute approximate surface area is 172 Å². The van der Waals surface area contributed by atoms with Crippen LogP contribution in [0.15, 0.2) is 41.8 Å². The highest BCUT2D eigenvalue weighted by Crippen LogP contribution is 2.33.